The third kappa shape index (κ3) is 2.17. The minimum atomic E-state index is -0.468. The molecule has 0 spiro atoms. The van der Waals surface area contributed by atoms with Crippen molar-refractivity contribution < 1.29 is 14.3 Å². The summed E-state index contributed by atoms with van der Waals surface area (Å²) in [6, 6.07) is 5.52. The number of ketones is 2. The Morgan fingerprint density at radius 2 is 2.11 bits per heavy atom. The zero-order valence-electron chi connectivity index (χ0n) is 11.0. The molecule has 1 aromatic rings. The van der Waals surface area contributed by atoms with Gasteiger partial charge in [-0.2, -0.15) is 0 Å². The van der Waals surface area contributed by atoms with Crippen LogP contribution in [0.2, 0.25) is 0 Å². The summed E-state index contributed by atoms with van der Waals surface area (Å²) in [6.45, 7) is 3.69. The number of benzene rings is 1. The Labute approximate surface area is 107 Å². The zero-order valence-corrected chi connectivity index (χ0v) is 11.0. The molecule has 1 aliphatic carbocycles. The van der Waals surface area contributed by atoms with Crippen LogP contribution in [0.25, 0.3) is 0 Å². The van der Waals surface area contributed by atoms with Crippen molar-refractivity contribution in [1.82, 2.24) is 0 Å². The van der Waals surface area contributed by atoms with Gasteiger partial charge < -0.3 is 4.74 Å². The van der Waals surface area contributed by atoms with Gasteiger partial charge in [-0.25, -0.2) is 0 Å². The van der Waals surface area contributed by atoms with Gasteiger partial charge in [-0.15, -0.1) is 0 Å². The second kappa shape index (κ2) is 4.92. The van der Waals surface area contributed by atoms with Gasteiger partial charge in [0.2, 0.25) is 0 Å². The van der Waals surface area contributed by atoms with E-state index in [4.69, 9.17) is 4.74 Å². The van der Waals surface area contributed by atoms with Crippen LogP contribution in [0, 0.1) is 11.8 Å². The van der Waals surface area contributed by atoms with E-state index in [0.717, 1.165) is 12.0 Å². The molecule has 0 saturated carbocycles. The average Bonchev–Trinajstić information content (AvgIpc) is 2.38. The molecule has 96 valence electrons. The molecule has 0 radical (unpaired) electrons. The molecule has 1 aromatic carbocycles. The molecule has 0 N–H and O–H groups in total. The van der Waals surface area contributed by atoms with Gasteiger partial charge >= 0.3 is 0 Å². The molecule has 3 heteroatoms. The lowest BCUT2D eigenvalue weighted by atomic mass is 9.78. The topological polar surface area (TPSA) is 43.4 Å². The smallest absolute Gasteiger partial charge is 0.173 e. The van der Waals surface area contributed by atoms with Crippen molar-refractivity contribution in [3.05, 3.63) is 29.3 Å². The van der Waals surface area contributed by atoms with Crippen LogP contribution in [0.5, 0.6) is 5.75 Å². The SMILES string of the molecule is COc1ccc2c(c1)C(=O)C(C(=O)C(C)C)CC2. The number of rotatable bonds is 3. The molecule has 18 heavy (non-hydrogen) atoms. The Kier molecular flexibility index (Phi) is 3.50. The number of ether oxygens (including phenoxy) is 1. The number of hydrogen-bond acceptors (Lipinski definition) is 3. The van der Waals surface area contributed by atoms with E-state index in [1.807, 2.05) is 26.0 Å². The summed E-state index contributed by atoms with van der Waals surface area (Å²) in [7, 11) is 1.58. The molecule has 0 bridgehead atoms. The molecular formula is C15H18O3. The number of fused-ring (bicyclic) bond motifs is 1. The average molecular weight is 246 g/mol. The normalized spacial score (nSPS) is 18.7. The van der Waals surface area contributed by atoms with E-state index >= 15 is 0 Å². The van der Waals surface area contributed by atoms with E-state index in [1.54, 1.807) is 13.2 Å². The van der Waals surface area contributed by atoms with Gasteiger partial charge in [0.25, 0.3) is 0 Å². The zero-order chi connectivity index (χ0) is 13.3. The molecule has 1 atom stereocenters. The maximum atomic E-state index is 12.4. The summed E-state index contributed by atoms with van der Waals surface area (Å²) in [4.78, 5) is 24.4. The Balaban J connectivity index is 2.35. The molecule has 2 rings (SSSR count). The van der Waals surface area contributed by atoms with Crippen LogP contribution in [-0.2, 0) is 11.2 Å². The fourth-order valence-corrected chi connectivity index (χ4v) is 2.42. The van der Waals surface area contributed by atoms with Crippen molar-refractivity contribution in [1.29, 1.82) is 0 Å². The number of aryl methyl sites for hydroxylation is 1. The summed E-state index contributed by atoms with van der Waals surface area (Å²) in [6.07, 6.45) is 1.42. The minimum Gasteiger partial charge on any atom is -0.497 e. The van der Waals surface area contributed by atoms with E-state index < -0.39 is 5.92 Å². The van der Waals surface area contributed by atoms with Gasteiger partial charge in [0.1, 0.15) is 11.5 Å². The first kappa shape index (κ1) is 12.8. The van der Waals surface area contributed by atoms with Crippen LogP contribution in [0.15, 0.2) is 18.2 Å². The summed E-state index contributed by atoms with van der Waals surface area (Å²) in [5.41, 5.74) is 1.67. The van der Waals surface area contributed by atoms with Crippen LogP contribution in [0.3, 0.4) is 0 Å². The molecule has 1 aliphatic rings. The van der Waals surface area contributed by atoms with Gasteiger partial charge in [0.05, 0.1) is 13.0 Å². The number of carbonyl (C=O) groups excluding carboxylic acids is 2. The molecule has 0 saturated heterocycles. The van der Waals surface area contributed by atoms with Crippen molar-refractivity contribution >= 4 is 11.6 Å². The lowest BCUT2D eigenvalue weighted by Crippen LogP contribution is -2.32. The van der Waals surface area contributed by atoms with Crippen LogP contribution in [-0.4, -0.2) is 18.7 Å². The van der Waals surface area contributed by atoms with Crippen LogP contribution in [0.4, 0.5) is 0 Å². The Hall–Kier alpha value is -1.64. The van der Waals surface area contributed by atoms with Crippen molar-refractivity contribution in [3.63, 3.8) is 0 Å². The lowest BCUT2D eigenvalue weighted by Gasteiger charge is -2.24. The lowest BCUT2D eigenvalue weighted by molar-refractivity contribution is -0.124. The van der Waals surface area contributed by atoms with Gasteiger partial charge in [-0.3, -0.25) is 9.59 Å². The van der Waals surface area contributed by atoms with Crippen molar-refractivity contribution in [2.75, 3.05) is 7.11 Å². The maximum absolute atomic E-state index is 12.4. The number of Topliss-reactive ketones (excluding diaryl/α,β-unsaturated/α-hetero) is 2. The van der Waals surface area contributed by atoms with Crippen LogP contribution >= 0.6 is 0 Å². The molecule has 1 unspecified atom stereocenters. The molecule has 0 fully saturated rings. The molecule has 0 heterocycles. The van der Waals surface area contributed by atoms with Crippen LogP contribution in [0.1, 0.15) is 36.2 Å². The highest BCUT2D eigenvalue weighted by atomic mass is 16.5. The summed E-state index contributed by atoms with van der Waals surface area (Å²) in [5, 5.41) is 0. The third-order valence-corrected chi connectivity index (χ3v) is 3.51. The van der Waals surface area contributed by atoms with E-state index in [9.17, 15) is 9.59 Å². The third-order valence-electron chi connectivity index (χ3n) is 3.51. The fourth-order valence-electron chi connectivity index (χ4n) is 2.42. The van der Waals surface area contributed by atoms with Crippen molar-refractivity contribution in [3.8, 4) is 5.75 Å². The summed E-state index contributed by atoms with van der Waals surface area (Å²) >= 11 is 0. The van der Waals surface area contributed by atoms with Crippen LogP contribution < -0.4 is 4.74 Å². The molecular weight excluding hydrogens is 228 g/mol. The number of carbonyl (C=O) groups is 2. The second-order valence-electron chi connectivity index (χ2n) is 5.04. The first-order valence-corrected chi connectivity index (χ1v) is 6.29. The second-order valence-corrected chi connectivity index (χ2v) is 5.04. The Morgan fingerprint density at radius 1 is 1.39 bits per heavy atom. The maximum Gasteiger partial charge on any atom is 0.173 e. The largest absolute Gasteiger partial charge is 0.497 e. The predicted molar refractivity (Wildman–Crippen MR) is 69.0 cm³/mol. The van der Waals surface area contributed by atoms with Crippen molar-refractivity contribution in [2.45, 2.75) is 26.7 Å². The van der Waals surface area contributed by atoms with E-state index in [1.165, 1.54) is 0 Å². The van der Waals surface area contributed by atoms with Gasteiger partial charge in [-0.05, 0) is 30.5 Å². The standard InChI is InChI=1S/C15H18O3/c1-9(2)14(16)12-7-5-10-4-6-11(18-3)8-13(10)15(12)17/h4,6,8-9,12H,5,7H2,1-3H3. The first-order valence-electron chi connectivity index (χ1n) is 6.29. The fraction of sp³-hybridized carbons (Fsp3) is 0.467. The molecule has 3 nitrogen and oxygen atoms in total. The molecule has 0 amide bonds. The highest BCUT2D eigenvalue weighted by Crippen LogP contribution is 2.30. The highest BCUT2D eigenvalue weighted by molar-refractivity contribution is 6.12. The highest BCUT2D eigenvalue weighted by Gasteiger charge is 2.33. The number of methoxy groups -OCH3 is 1. The van der Waals surface area contributed by atoms with Gasteiger partial charge in [-0.1, -0.05) is 19.9 Å². The summed E-state index contributed by atoms with van der Waals surface area (Å²) in [5.74, 6) is 0.109. The predicted octanol–water partition coefficient (Wildman–Crippen LogP) is 2.67. The first-order chi connectivity index (χ1) is 8.54. The summed E-state index contributed by atoms with van der Waals surface area (Å²) < 4.78 is 5.13. The van der Waals surface area contributed by atoms with E-state index in [0.29, 0.717) is 17.7 Å². The Bertz CT molecular complexity index is 489. The van der Waals surface area contributed by atoms with Crippen molar-refractivity contribution in [2.24, 2.45) is 11.8 Å². The molecule has 0 aromatic heterocycles. The van der Waals surface area contributed by atoms with Gasteiger partial charge in [0, 0.05) is 11.5 Å². The van der Waals surface area contributed by atoms with E-state index in [-0.39, 0.29) is 17.5 Å². The van der Waals surface area contributed by atoms with E-state index in [2.05, 4.69) is 0 Å². The minimum absolute atomic E-state index is 0.0474. The number of hydrogen-bond donors (Lipinski definition) is 0. The van der Waals surface area contributed by atoms with Gasteiger partial charge in [0.15, 0.2) is 5.78 Å². The molecule has 0 aliphatic heterocycles. The Morgan fingerprint density at radius 3 is 2.72 bits per heavy atom. The monoisotopic (exact) mass is 246 g/mol. The quantitative estimate of drug-likeness (QED) is 0.770.